The minimum Gasteiger partial charge on any atom is -0.505 e. The van der Waals surface area contributed by atoms with Gasteiger partial charge < -0.3 is 10.4 Å². The van der Waals surface area contributed by atoms with Crippen LogP contribution in [0.1, 0.15) is 28.1 Å². The molecule has 4 nitrogen and oxygen atoms in total. The minimum atomic E-state index is -0.716. The quantitative estimate of drug-likeness (QED) is 0.893. The Hall–Kier alpha value is -1.95. The molecule has 0 spiro atoms. The molecule has 6 heteroatoms. The highest BCUT2D eigenvalue weighted by molar-refractivity contribution is 7.11. The molecule has 21 heavy (non-hydrogen) atoms. The summed E-state index contributed by atoms with van der Waals surface area (Å²) in [6.45, 7) is 4.40. The lowest BCUT2D eigenvalue weighted by atomic mass is 10.1. The van der Waals surface area contributed by atoms with Crippen LogP contribution in [0.4, 0.5) is 4.39 Å². The summed E-state index contributed by atoms with van der Waals surface area (Å²) < 4.78 is 13.2. The van der Waals surface area contributed by atoms with E-state index in [2.05, 4.69) is 10.3 Å². The highest BCUT2D eigenvalue weighted by atomic mass is 32.1. The lowest BCUT2D eigenvalue weighted by molar-refractivity contribution is -0.120. The summed E-state index contributed by atoms with van der Waals surface area (Å²) in [4.78, 5) is 17.3. The predicted molar refractivity (Wildman–Crippen MR) is 79.8 cm³/mol. The molecule has 1 aromatic heterocycles. The van der Waals surface area contributed by atoms with Crippen molar-refractivity contribution in [1.29, 1.82) is 0 Å². The molecule has 0 aliphatic heterocycles. The minimum absolute atomic E-state index is 0.0798. The van der Waals surface area contributed by atoms with Gasteiger partial charge in [0.25, 0.3) is 0 Å². The molecule has 0 aliphatic rings. The average Bonchev–Trinajstić information content (AvgIpc) is 2.81. The van der Waals surface area contributed by atoms with E-state index in [1.165, 1.54) is 18.2 Å². The summed E-state index contributed by atoms with van der Waals surface area (Å²) in [5, 5.41) is 12.9. The first-order valence-electron chi connectivity index (χ1n) is 6.69. The molecule has 1 aromatic carbocycles. The molecule has 2 rings (SSSR count). The van der Waals surface area contributed by atoms with Gasteiger partial charge in [0, 0.05) is 4.88 Å². The van der Waals surface area contributed by atoms with Gasteiger partial charge in [-0.2, -0.15) is 0 Å². The number of hydrogen-bond acceptors (Lipinski definition) is 4. The molecule has 0 unspecified atom stereocenters. The van der Waals surface area contributed by atoms with Crippen molar-refractivity contribution in [3.8, 4) is 5.75 Å². The van der Waals surface area contributed by atoms with Crippen molar-refractivity contribution >= 4 is 17.2 Å². The largest absolute Gasteiger partial charge is 0.505 e. The number of nitrogens with zero attached hydrogens (tertiary/aromatic N) is 1. The number of phenolic OH excluding ortho intramolecular Hbond substituents is 1. The number of phenols is 1. The molecule has 0 bridgehead atoms. The maximum atomic E-state index is 13.2. The standard InChI is InChI=1S/C15H17FN2O2S/c1-3-12-14(21-9(2)18-12)8-17-15(20)7-10-4-5-13(19)11(16)6-10/h4-6,19H,3,7-8H2,1-2H3,(H,17,20). The van der Waals surface area contributed by atoms with Crippen molar-refractivity contribution in [3.05, 3.63) is 45.2 Å². The molecular weight excluding hydrogens is 291 g/mol. The first-order chi connectivity index (χ1) is 9.99. The van der Waals surface area contributed by atoms with Crippen LogP contribution in [-0.4, -0.2) is 16.0 Å². The second-order valence-electron chi connectivity index (χ2n) is 4.70. The van der Waals surface area contributed by atoms with E-state index in [1.807, 2.05) is 13.8 Å². The van der Waals surface area contributed by atoms with Crippen molar-refractivity contribution in [3.63, 3.8) is 0 Å². The van der Waals surface area contributed by atoms with Gasteiger partial charge in [0.05, 0.1) is 23.7 Å². The van der Waals surface area contributed by atoms with Gasteiger partial charge in [-0.15, -0.1) is 11.3 Å². The summed E-state index contributed by atoms with van der Waals surface area (Å²) in [5.74, 6) is -1.31. The SMILES string of the molecule is CCc1nc(C)sc1CNC(=O)Cc1ccc(O)c(F)c1. The molecule has 1 heterocycles. The van der Waals surface area contributed by atoms with E-state index >= 15 is 0 Å². The van der Waals surface area contributed by atoms with Gasteiger partial charge in [-0.3, -0.25) is 4.79 Å². The number of rotatable bonds is 5. The van der Waals surface area contributed by atoms with Crippen LogP contribution in [0.5, 0.6) is 5.75 Å². The van der Waals surface area contributed by atoms with E-state index in [-0.39, 0.29) is 12.3 Å². The molecule has 2 N–H and O–H groups in total. The highest BCUT2D eigenvalue weighted by Crippen LogP contribution is 2.19. The zero-order chi connectivity index (χ0) is 15.4. The Labute approximate surface area is 126 Å². The molecule has 112 valence electrons. The maximum Gasteiger partial charge on any atom is 0.224 e. The Bertz CT molecular complexity index is 655. The number of aryl methyl sites for hydroxylation is 2. The van der Waals surface area contributed by atoms with Gasteiger partial charge in [-0.05, 0) is 31.0 Å². The molecule has 0 fully saturated rings. The van der Waals surface area contributed by atoms with Crippen LogP contribution in [0.15, 0.2) is 18.2 Å². The third-order valence-electron chi connectivity index (χ3n) is 3.04. The molecule has 1 amide bonds. The molecular formula is C15H17FN2O2S. The third kappa shape index (κ3) is 4.01. The smallest absolute Gasteiger partial charge is 0.224 e. The number of amides is 1. The van der Waals surface area contributed by atoms with Gasteiger partial charge in [0.2, 0.25) is 5.91 Å². The van der Waals surface area contributed by atoms with Crippen molar-refractivity contribution in [1.82, 2.24) is 10.3 Å². The van der Waals surface area contributed by atoms with E-state index in [0.717, 1.165) is 22.0 Å². The summed E-state index contributed by atoms with van der Waals surface area (Å²) in [6, 6.07) is 3.95. The lowest BCUT2D eigenvalue weighted by Gasteiger charge is -2.05. The number of carbonyl (C=O) groups is 1. The van der Waals surface area contributed by atoms with Crippen LogP contribution in [0.25, 0.3) is 0 Å². The fourth-order valence-corrected chi connectivity index (χ4v) is 2.98. The van der Waals surface area contributed by atoms with Crippen LogP contribution in [0, 0.1) is 12.7 Å². The number of nitrogens with one attached hydrogen (secondary N) is 1. The Kier molecular flexibility index (Phi) is 4.90. The number of carbonyl (C=O) groups excluding carboxylic acids is 1. The normalized spacial score (nSPS) is 10.6. The molecule has 0 radical (unpaired) electrons. The van der Waals surface area contributed by atoms with Crippen LogP contribution >= 0.6 is 11.3 Å². The summed E-state index contributed by atoms with van der Waals surface area (Å²) in [7, 11) is 0. The highest BCUT2D eigenvalue weighted by Gasteiger charge is 2.10. The van der Waals surface area contributed by atoms with E-state index in [1.54, 1.807) is 11.3 Å². The Balaban J connectivity index is 1.94. The Morgan fingerprint density at radius 1 is 1.48 bits per heavy atom. The third-order valence-corrected chi connectivity index (χ3v) is 4.06. The van der Waals surface area contributed by atoms with Gasteiger partial charge in [-0.25, -0.2) is 9.37 Å². The number of halogens is 1. The molecule has 2 aromatic rings. The van der Waals surface area contributed by atoms with Crippen molar-refractivity contribution in [2.24, 2.45) is 0 Å². The molecule has 0 saturated carbocycles. The number of hydrogen-bond donors (Lipinski definition) is 2. The van der Waals surface area contributed by atoms with Gasteiger partial charge in [0.1, 0.15) is 0 Å². The van der Waals surface area contributed by atoms with Crippen LogP contribution in [-0.2, 0) is 24.2 Å². The van der Waals surface area contributed by atoms with E-state index in [0.29, 0.717) is 12.1 Å². The van der Waals surface area contributed by atoms with Crippen molar-refractivity contribution in [2.75, 3.05) is 0 Å². The first kappa shape index (κ1) is 15.4. The fourth-order valence-electron chi connectivity index (χ4n) is 2.01. The fraction of sp³-hybridized carbons (Fsp3) is 0.333. The molecule has 0 aliphatic carbocycles. The maximum absolute atomic E-state index is 13.2. The van der Waals surface area contributed by atoms with Crippen LogP contribution in [0.2, 0.25) is 0 Å². The number of aromatic hydroxyl groups is 1. The lowest BCUT2D eigenvalue weighted by Crippen LogP contribution is -2.24. The molecule has 0 saturated heterocycles. The predicted octanol–water partition coefficient (Wildman–Crippen LogP) is 2.72. The number of benzene rings is 1. The van der Waals surface area contributed by atoms with Gasteiger partial charge in [-0.1, -0.05) is 13.0 Å². The Morgan fingerprint density at radius 3 is 2.90 bits per heavy atom. The van der Waals surface area contributed by atoms with Crippen molar-refractivity contribution < 1.29 is 14.3 Å². The molecule has 0 atom stereocenters. The second-order valence-corrected chi connectivity index (χ2v) is 5.98. The second kappa shape index (κ2) is 6.67. The average molecular weight is 308 g/mol. The Morgan fingerprint density at radius 2 is 2.24 bits per heavy atom. The van der Waals surface area contributed by atoms with Crippen LogP contribution < -0.4 is 5.32 Å². The summed E-state index contributed by atoms with van der Waals surface area (Å²) in [6.07, 6.45) is 0.912. The number of aromatic nitrogens is 1. The number of thiazole rings is 1. The summed E-state index contributed by atoms with van der Waals surface area (Å²) in [5.41, 5.74) is 1.53. The van der Waals surface area contributed by atoms with Gasteiger partial charge in [0.15, 0.2) is 11.6 Å². The van der Waals surface area contributed by atoms with Gasteiger partial charge >= 0.3 is 0 Å². The van der Waals surface area contributed by atoms with E-state index < -0.39 is 11.6 Å². The topological polar surface area (TPSA) is 62.2 Å². The van der Waals surface area contributed by atoms with E-state index in [4.69, 9.17) is 5.11 Å². The van der Waals surface area contributed by atoms with E-state index in [9.17, 15) is 9.18 Å². The zero-order valence-electron chi connectivity index (χ0n) is 11.9. The van der Waals surface area contributed by atoms with Crippen LogP contribution in [0.3, 0.4) is 0 Å². The zero-order valence-corrected chi connectivity index (χ0v) is 12.8. The monoisotopic (exact) mass is 308 g/mol. The van der Waals surface area contributed by atoms with Crippen molar-refractivity contribution in [2.45, 2.75) is 33.2 Å². The first-order valence-corrected chi connectivity index (χ1v) is 7.50. The summed E-state index contributed by atoms with van der Waals surface area (Å²) >= 11 is 1.57.